The largest absolute Gasteiger partial charge is 0.378 e. The van der Waals surface area contributed by atoms with E-state index in [1.54, 1.807) is 17.0 Å². The molecule has 3 aromatic rings. The normalized spacial score (nSPS) is 17.7. The van der Waals surface area contributed by atoms with Crippen LogP contribution >= 0.6 is 0 Å². The number of anilines is 2. The predicted octanol–water partition coefficient (Wildman–Crippen LogP) is 5.80. The van der Waals surface area contributed by atoms with Crippen LogP contribution < -0.4 is 10.2 Å². The summed E-state index contributed by atoms with van der Waals surface area (Å²) in [6, 6.07) is 20.3. The summed E-state index contributed by atoms with van der Waals surface area (Å²) in [5, 5.41) is 14.8. The van der Waals surface area contributed by atoms with Crippen molar-refractivity contribution in [1.29, 1.82) is 0 Å². The fourth-order valence-corrected chi connectivity index (χ4v) is 4.17. The molecule has 0 aromatic heterocycles. The van der Waals surface area contributed by atoms with Crippen molar-refractivity contribution in [2.24, 2.45) is 0 Å². The third kappa shape index (κ3) is 4.14. The Kier molecular flexibility index (Phi) is 5.46. The molecular weight excluding hydrogens is 390 g/mol. The highest BCUT2D eigenvalue weighted by atomic mass is 16.6. The summed E-state index contributed by atoms with van der Waals surface area (Å²) in [6.07, 6.45) is 0.727. The van der Waals surface area contributed by atoms with Crippen LogP contribution in [0.4, 0.5) is 17.1 Å². The number of carbonyl (C=O) groups is 1. The number of nitro groups is 1. The maximum Gasteiger partial charge on any atom is 0.270 e. The zero-order chi connectivity index (χ0) is 22.1. The summed E-state index contributed by atoms with van der Waals surface area (Å²) in [7, 11) is 0. The molecule has 1 aliphatic rings. The van der Waals surface area contributed by atoms with Crippen LogP contribution in [0.3, 0.4) is 0 Å². The molecule has 0 radical (unpaired) electrons. The number of hydrogen-bond donors (Lipinski definition) is 1. The van der Waals surface area contributed by atoms with Gasteiger partial charge in [-0.05, 0) is 57.0 Å². The molecule has 0 spiro atoms. The average Bonchev–Trinajstić information content (AvgIpc) is 2.75. The number of benzene rings is 3. The minimum atomic E-state index is -0.477. The first-order valence-electron chi connectivity index (χ1n) is 10.4. The Balaban J connectivity index is 1.71. The number of rotatable bonds is 4. The molecule has 0 aliphatic carbocycles. The number of non-ortho nitro benzene ring substituents is 1. The summed E-state index contributed by atoms with van der Waals surface area (Å²) >= 11 is 0. The first-order valence-corrected chi connectivity index (χ1v) is 10.4. The van der Waals surface area contributed by atoms with Gasteiger partial charge < -0.3 is 10.2 Å². The van der Waals surface area contributed by atoms with E-state index in [1.807, 2.05) is 26.0 Å². The van der Waals surface area contributed by atoms with Crippen LogP contribution in [0.15, 0.2) is 66.7 Å². The maximum absolute atomic E-state index is 13.4. The lowest BCUT2D eigenvalue weighted by molar-refractivity contribution is -0.384. The van der Waals surface area contributed by atoms with Crippen molar-refractivity contribution < 1.29 is 9.72 Å². The Morgan fingerprint density at radius 2 is 1.74 bits per heavy atom. The molecule has 0 saturated carbocycles. The zero-order valence-corrected chi connectivity index (χ0v) is 17.8. The Hall–Kier alpha value is -3.67. The third-order valence-electron chi connectivity index (χ3n) is 5.75. The molecule has 1 heterocycles. The second kappa shape index (κ2) is 8.22. The van der Waals surface area contributed by atoms with E-state index in [4.69, 9.17) is 0 Å². The predicted molar refractivity (Wildman–Crippen MR) is 123 cm³/mol. The molecule has 1 aliphatic heterocycles. The topological polar surface area (TPSA) is 75.5 Å². The monoisotopic (exact) mass is 415 g/mol. The van der Waals surface area contributed by atoms with Gasteiger partial charge in [0.05, 0.1) is 11.0 Å². The third-order valence-corrected chi connectivity index (χ3v) is 5.75. The van der Waals surface area contributed by atoms with Gasteiger partial charge >= 0.3 is 0 Å². The molecule has 1 amide bonds. The van der Waals surface area contributed by atoms with Crippen molar-refractivity contribution in [3.05, 3.63) is 99.1 Å². The molecule has 6 nitrogen and oxygen atoms in total. The molecule has 6 heteroatoms. The highest BCUT2D eigenvalue weighted by Crippen LogP contribution is 2.40. The SMILES string of the molecule is Cc1ccc(N[C@H]2C[C@@H](C)N(C(=O)c3cccc([N+](=O)[O-])c3)c3ccc(C)cc32)cc1. The second-order valence-corrected chi connectivity index (χ2v) is 8.19. The van der Waals surface area contributed by atoms with Crippen molar-refractivity contribution in [2.45, 2.75) is 39.3 Å². The van der Waals surface area contributed by atoms with E-state index in [-0.39, 0.29) is 23.7 Å². The van der Waals surface area contributed by atoms with Gasteiger partial charge in [0.25, 0.3) is 11.6 Å². The van der Waals surface area contributed by atoms with Gasteiger partial charge in [0, 0.05) is 35.1 Å². The lowest BCUT2D eigenvalue weighted by Crippen LogP contribution is -2.44. The smallest absolute Gasteiger partial charge is 0.270 e. The van der Waals surface area contributed by atoms with Gasteiger partial charge in [-0.2, -0.15) is 0 Å². The molecule has 0 unspecified atom stereocenters. The van der Waals surface area contributed by atoms with Crippen LogP contribution in [0, 0.1) is 24.0 Å². The van der Waals surface area contributed by atoms with E-state index >= 15 is 0 Å². The summed E-state index contributed by atoms with van der Waals surface area (Å²) < 4.78 is 0. The Bertz CT molecular complexity index is 1140. The van der Waals surface area contributed by atoms with E-state index in [2.05, 4.69) is 42.6 Å². The molecule has 2 atom stereocenters. The molecule has 158 valence electrons. The summed E-state index contributed by atoms with van der Waals surface area (Å²) in [5.74, 6) is -0.227. The quantitative estimate of drug-likeness (QED) is 0.431. The van der Waals surface area contributed by atoms with Gasteiger partial charge in [0.1, 0.15) is 0 Å². The lowest BCUT2D eigenvalue weighted by atomic mass is 9.89. The van der Waals surface area contributed by atoms with Gasteiger partial charge in [-0.3, -0.25) is 14.9 Å². The minimum Gasteiger partial charge on any atom is -0.378 e. The van der Waals surface area contributed by atoms with Crippen LogP contribution in [0.1, 0.15) is 46.4 Å². The number of nitrogens with one attached hydrogen (secondary N) is 1. The second-order valence-electron chi connectivity index (χ2n) is 8.19. The maximum atomic E-state index is 13.4. The summed E-state index contributed by atoms with van der Waals surface area (Å²) in [4.78, 5) is 25.9. The van der Waals surface area contributed by atoms with Crippen LogP contribution in [-0.2, 0) is 0 Å². The van der Waals surface area contributed by atoms with E-state index < -0.39 is 4.92 Å². The van der Waals surface area contributed by atoms with E-state index in [1.165, 1.54) is 17.7 Å². The lowest BCUT2D eigenvalue weighted by Gasteiger charge is -2.40. The summed E-state index contributed by atoms with van der Waals surface area (Å²) in [5.41, 5.74) is 5.48. The van der Waals surface area contributed by atoms with Crippen molar-refractivity contribution >= 4 is 23.0 Å². The number of aryl methyl sites for hydroxylation is 2. The minimum absolute atomic E-state index is 0.0572. The number of fused-ring (bicyclic) bond motifs is 1. The molecule has 31 heavy (non-hydrogen) atoms. The highest BCUT2D eigenvalue weighted by Gasteiger charge is 2.34. The molecule has 1 N–H and O–H groups in total. The van der Waals surface area contributed by atoms with E-state index in [0.717, 1.165) is 28.9 Å². The number of carbonyl (C=O) groups excluding carboxylic acids is 1. The van der Waals surface area contributed by atoms with Crippen LogP contribution in [0.2, 0.25) is 0 Å². The van der Waals surface area contributed by atoms with E-state index in [9.17, 15) is 14.9 Å². The molecule has 0 saturated heterocycles. The van der Waals surface area contributed by atoms with Gasteiger partial charge in [-0.25, -0.2) is 0 Å². The highest BCUT2D eigenvalue weighted by molar-refractivity contribution is 6.07. The van der Waals surface area contributed by atoms with Crippen molar-refractivity contribution in [1.82, 2.24) is 0 Å². The van der Waals surface area contributed by atoms with Crippen LogP contribution in [0.5, 0.6) is 0 Å². The number of nitro benzene ring substituents is 1. The van der Waals surface area contributed by atoms with Gasteiger partial charge in [-0.15, -0.1) is 0 Å². The number of amides is 1. The first-order chi connectivity index (χ1) is 14.8. The fourth-order valence-electron chi connectivity index (χ4n) is 4.17. The molecule has 3 aromatic carbocycles. The van der Waals surface area contributed by atoms with Gasteiger partial charge in [0.2, 0.25) is 0 Å². The van der Waals surface area contributed by atoms with Crippen molar-refractivity contribution in [2.75, 3.05) is 10.2 Å². The standard InChI is InChI=1S/C25H25N3O3/c1-16-7-10-20(11-8-16)26-23-14-18(3)27(24-12-9-17(2)13-22(23)24)25(29)19-5-4-6-21(15-19)28(30)31/h4-13,15,18,23,26H,14H2,1-3H3/t18-,23+/m1/s1. The van der Waals surface area contributed by atoms with E-state index in [0.29, 0.717) is 5.56 Å². The summed E-state index contributed by atoms with van der Waals surface area (Å²) in [6.45, 7) is 6.11. The molecule has 0 fully saturated rings. The van der Waals surface area contributed by atoms with Crippen LogP contribution in [-0.4, -0.2) is 16.9 Å². The van der Waals surface area contributed by atoms with Gasteiger partial charge in [0.15, 0.2) is 0 Å². The zero-order valence-electron chi connectivity index (χ0n) is 17.8. The molecule has 4 rings (SSSR count). The first kappa shape index (κ1) is 20.6. The average molecular weight is 415 g/mol. The van der Waals surface area contributed by atoms with Crippen molar-refractivity contribution in [3.8, 4) is 0 Å². The Labute approximate surface area is 181 Å². The Morgan fingerprint density at radius 1 is 1.03 bits per heavy atom. The number of nitrogens with zero attached hydrogens (tertiary/aromatic N) is 2. The Morgan fingerprint density at radius 3 is 2.45 bits per heavy atom. The molecular formula is C25H25N3O3. The van der Waals surface area contributed by atoms with Crippen molar-refractivity contribution in [3.63, 3.8) is 0 Å². The van der Waals surface area contributed by atoms with Gasteiger partial charge in [-0.1, -0.05) is 41.5 Å². The number of hydrogen-bond acceptors (Lipinski definition) is 4. The fraction of sp³-hybridized carbons (Fsp3) is 0.240. The molecule has 0 bridgehead atoms. The van der Waals surface area contributed by atoms with Crippen LogP contribution in [0.25, 0.3) is 0 Å².